The van der Waals surface area contributed by atoms with Gasteiger partial charge in [-0.25, -0.2) is 0 Å². The Morgan fingerprint density at radius 2 is 2.24 bits per heavy atom. The summed E-state index contributed by atoms with van der Waals surface area (Å²) in [6.07, 6.45) is 12.8. The van der Waals surface area contributed by atoms with Gasteiger partial charge in [0.05, 0.1) is 0 Å². The van der Waals surface area contributed by atoms with Crippen LogP contribution in [0.3, 0.4) is 0 Å². The summed E-state index contributed by atoms with van der Waals surface area (Å²) in [5.74, 6) is -0.0791. The van der Waals surface area contributed by atoms with Gasteiger partial charge in [0.1, 0.15) is 5.70 Å². The van der Waals surface area contributed by atoms with Crippen molar-refractivity contribution in [3.05, 3.63) is 35.2 Å². The van der Waals surface area contributed by atoms with E-state index in [0.717, 1.165) is 37.8 Å². The van der Waals surface area contributed by atoms with E-state index < -0.39 is 0 Å². The van der Waals surface area contributed by atoms with E-state index in [1.165, 1.54) is 5.57 Å². The number of aliphatic imine (C=N–C) groups is 1. The Labute approximate surface area is 102 Å². The fourth-order valence-corrected chi connectivity index (χ4v) is 1.98. The highest BCUT2D eigenvalue weighted by molar-refractivity contribution is 5.96. The van der Waals surface area contributed by atoms with Crippen LogP contribution in [-0.2, 0) is 4.79 Å². The molecule has 0 atom stereocenters. The highest BCUT2D eigenvalue weighted by atomic mass is 16.2. The van der Waals surface area contributed by atoms with Gasteiger partial charge in [-0.2, -0.15) is 0 Å². The topological polar surface area (TPSA) is 41.5 Å². The van der Waals surface area contributed by atoms with Crippen LogP contribution in [0.5, 0.6) is 0 Å². The van der Waals surface area contributed by atoms with Gasteiger partial charge in [0.2, 0.25) is 0 Å². The standard InChI is InChI=1S/C14H18N2O/c1-2-11-6-5-7-12(10-11)16-14(17)13-8-3-4-9-15-13/h6,8-10H,2-5,7H2,1H3,(H,16,17). The number of amides is 1. The molecule has 0 aromatic heterocycles. The molecule has 17 heavy (non-hydrogen) atoms. The molecular weight excluding hydrogens is 212 g/mol. The fraction of sp³-hybridized carbons (Fsp3) is 0.429. The molecule has 2 aliphatic rings. The maximum Gasteiger partial charge on any atom is 0.273 e. The zero-order valence-electron chi connectivity index (χ0n) is 10.2. The number of carbonyl (C=O) groups is 1. The molecule has 2 rings (SSSR count). The molecule has 0 radical (unpaired) electrons. The monoisotopic (exact) mass is 230 g/mol. The third kappa shape index (κ3) is 3.16. The molecule has 0 spiro atoms. The Hall–Kier alpha value is -1.64. The minimum Gasteiger partial charge on any atom is -0.324 e. The predicted molar refractivity (Wildman–Crippen MR) is 69.6 cm³/mol. The van der Waals surface area contributed by atoms with Gasteiger partial charge in [-0.05, 0) is 38.2 Å². The van der Waals surface area contributed by atoms with Crippen molar-refractivity contribution in [2.75, 3.05) is 0 Å². The van der Waals surface area contributed by atoms with E-state index in [9.17, 15) is 4.79 Å². The Balaban J connectivity index is 1.99. The van der Waals surface area contributed by atoms with Gasteiger partial charge >= 0.3 is 0 Å². The third-order valence-corrected chi connectivity index (χ3v) is 2.96. The van der Waals surface area contributed by atoms with Gasteiger partial charge < -0.3 is 5.32 Å². The molecule has 0 saturated heterocycles. The lowest BCUT2D eigenvalue weighted by Gasteiger charge is -2.15. The molecule has 0 saturated carbocycles. The maximum absolute atomic E-state index is 11.9. The SMILES string of the molecule is CCC1=CCCC(NC(=O)C2=CCCC=N2)=C1. The van der Waals surface area contributed by atoms with Crippen molar-refractivity contribution in [3.63, 3.8) is 0 Å². The van der Waals surface area contributed by atoms with Gasteiger partial charge in [0.15, 0.2) is 0 Å². The molecule has 0 unspecified atom stereocenters. The summed E-state index contributed by atoms with van der Waals surface area (Å²) in [5.41, 5.74) is 2.86. The normalized spacial score (nSPS) is 19.2. The van der Waals surface area contributed by atoms with Crippen molar-refractivity contribution in [1.29, 1.82) is 0 Å². The second-order valence-corrected chi connectivity index (χ2v) is 4.27. The van der Waals surface area contributed by atoms with Gasteiger partial charge in [0, 0.05) is 11.9 Å². The minimum atomic E-state index is -0.0791. The second-order valence-electron chi connectivity index (χ2n) is 4.27. The first kappa shape index (κ1) is 11.8. The van der Waals surface area contributed by atoms with Crippen LogP contribution in [0, 0.1) is 0 Å². The Kier molecular flexibility index (Phi) is 3.91. The Morgan fingerprint density at radius 3 is 2.94 bits per heavy atom. The molecule has 0 fully saturated rings. The molecule has 1 amide bonds. The average Bonchev–Trinajstić information content (AvgIpc) is 2.40. The first-order valence-corrected chi connectivity index (χ1v) is 6.23. The summed E-state index contributed by atoms with van der Waals surface area (Å²) >= 11 is 0. The molecule has 1 N–H and O–H groups in total. The molecule has 0 aromatic rings. The predicted octanol–water partition coefficient (Wildman–Crippen LogP) is 2.87. The number of carbonyl (C=O) groups excluding carboxylic acids is 1. The van der Waals surface area contributed by atoms with Crippen LogP contribution in [0.4, 0.5) is 0 Å². The van der Waals surface area contributed by atoms with Gasteiger partial charge in [-0.1, -0.05) is 24.6 Å². The summed E-state index contributed by atoms with van der Waals surface area (Å²) in [4.78, 5) is 16.0. The van der Waals surface area contributed by atoms with Crippen LogP contribution >= 0.6 is 0 Å². The van der Waals surface area contributed by atoms with E-state index in [1.807, 2.05) is 12.3 Å². The van der Waals surface area contributed by atoms with Crippen LogP contribution < -0.4 is 5.32 Å². The molecule has 1 aliphatic carbocycles. The minimum absolute atomic E-state index is 0.0791. The van der Waals surface area contributed by atoms with Crippen molar-refractivity contribution >= 4 is 12.1 Å². The lowest BCUT2D eigenvalue weighted by Crippen LogP contribution is -2.25. The van der Waals surface area contributed by atoms with E-state index in [-0.39, 0.29) is 5.91 Å². The summed E-state index contributed by atoms with van der Waals surface area (Å²) in [5, 5.41) is 2.95. The zero-order valence-corrected chi connectivity index (χ0v) is 10.2. The fourth-order valence-electron chi connectivity index (χ4n) is 1.98. The van der Waals surface area contributed by atoms with E-state index >= 15 is 0 Å². The van der Waals surface area contributed by atoms with Gasteiger partial charge in [-0.15, -0.1) is 0 Å². The van der Waals surface area contributed by atoms with Crippen molar-refractivity contribution in [3.8, 4) is 0 Å². The van der Waals surface area contributed by atoms with Crippen LogP contribution in [-0.4, -0.2) is 12.1 Å². The second kappa shape index (κ2) is 5.62. The quantitative estimate of drug-likeness (QED) is 0.795. The van der Waals surface area contributed by atoms with E-state index in [0.29, 0.717) is 5.70 Å². The van der Waals surface area contributed by atoms with Gasteiger partial charge in [0.25, 0.3) is 5.91 Å². The Morgan fingerprint density at radius 1 is 1.35 bits per heavy atom. The lowest BCUT2D eigenvalue weighted by atomic mass is 10.0. The molecule has 90 valence electrons. The molecule has 3 nitrogen and oxygen atoms in total. The number of hydrogen-bond acceptors (Lipinski definition) is 2. The van der Waals surface area contributed by atoms with E-state index in [4.69, 9.17) is 0 Å². The van der Waals surface area contributed by atoms with Crippen LogP contribution in [0.1, 0.15) is 39.0 Å². The van der Waals surface area contributed by atoms with Crippen LogP contribution in [0.25, 0.3) is 0 Å². The van der Waals surface area contributed by atoms with Crippen molar-refractivity contribution in [2.45, 2.75) is 39.0 Å². The van der Waals surface area contributed by atoms with Gasteiger partial charge in [-0.3, -0.25) is 9.79 Å². The lowest BCUT2D eigenvalue weighted by molar-refractivity contribution is -0.116. The summed E-state index contributed by atoms with van der Waals surface area (Å²) in [7, 11) is 0. The molecule has 0 aromatic carbocycles. The number of allylic oxidation sites excluding steroid dienone is 5. The highest BCUT2D eigenvalue weighted by Crippen LogP contribution is 2.18. The van der Waals surface area contributed by atoms with E-state index in [1.54, 1.807) is 0 Å². The number of rotatable bonds is 3. The highest BCUT2D eigenvalue weighted by Gasteiger charge is 2.12. The molecule has 1 heterocycles. The molecular formula is C14H18N2O. The van der Waals surface area contributed by atoms with E-state index in [2.05, 4.69) is 29.4 Å². The Bertz CT molecular complexity index is 428. The first-order chi connectivity index (χ1) is 8.29. The number of nitrogens with zero attached hydrogens (tertiary/aromatic N) is 1. The smallest absolute Gasteiger partial charge is 0.273 e. The maximum atomic E-state index is 11.9. The molecule has 1 aliphatic heterocycles. The summed E-state index contributed by atoms with van der Waals surface area (Å²) in [6, 6.07) is 0. The number of nitrogens with one attached hydrogen (secondary N) is 1. The third-order valence-electron chi connectivity index (χ3n) is 2.96. The zero-order chi connectivity index (χ0) is 12.1. The summed E-state index contributed by atoms with van der Waals surface area (Å²) < 4.78 is 0. The molecule has 0 bridgehead atoms. The number of hydrogen-bond donors (Lipinski definition) is 1. The average molecular weight is 230 g/mol. The van der Waals surface area contributed by atoms with Crippen molar-refractivity contribution in [1.82, 2.24) is 5.32 Å². The van der Waals surface area contributed by atoms with Crippen molar-refractivity contribution in [2.24, 2.45) is 4.99 Å². The van der Waals surface area contributed by atoms with Crippen LogP contribution in [0.15, 0.2) is 40.2 Å². The largest absolute Gasteiger partial charge is 0.324 e. The molecule has 3 heteroatoms. The van der Waals surface area contributed by atoms with Crippen molar-refractivity contribution < 1.29 is 4.79 Å². The summed E-state index contributed by atoms with van der Waals surface area (Å²) in [6.45, 7) is 2.13. The van der Waals surface area contributed by atoms with Crippen LogP contribution in [0.2, 0.25) is 0 Å². The first-order valence-electron chi connectivity index (χ1n) is 6.23.